The number of hydrogen-bond donors (Lipinski definition) is 2. The molecule has 0 saturated carbocycles. The maximum Gasteiger partial charge on any atom is 0.305 e. The van der Waals surface area contributed by atoms with Gasteiger partial charge in [0.1, 0.15) is 0 Å². The van der Waals surface area contributed by atoms with Crippen LogP contribution in [0.4, 0.5) is 0 Å². The number of nitrogens with one attached hydrogen (secondary N) is 1. The number of aliphatic carboxylic acids is 1. The quantitative estimate of drug-likeness (QED) is 0.632. The van der Waals surface area contributed by atoms with Crippen LogP contribution >= 0.6 is 11.8 Å². The molecule has 1 fully saturated rings. The number of hydrogen-bond acceptors (Lipinski definition) is 3. The zero-order chi connectivity index (χ0) is 9.68. The first-order chi connectivity index (χ1) is 6.24. The van der Waals surface area contributed by atoms with E-state index < -0.39 is 5.97 Å². The Morgan fingerprint density at radius 1 is 1.77 bits per heavy atom. The number of carboxylic acids is 1. The Morgan fingerprint density at radius 2 is 2.54 bits per heavy atom. The smallest absolute Gasteiger partial charge is 0.305 e. The molecule has 2 atom stereocenters. The minimum Gasteiger partial charge on any atom is -0.481 e. The van der Waals surface area contributed by atoms with E-state index in [0.29, 0.717) is 12.3 Å². The molecule has 1 aliphatic rings. The summed E-state index contributed by atoms with van der Waals surface area (Å²) in [5, 5.41) is 11.2. The van der Waals surface area contributed by atoms with Crippen LogP contribution in [0, 0.1) is 5.92 Å². The molecule has 4 nitrogen and oxygen atoms in total. The number of rotatable bonds is 5. The molecule has 74 valence electrons. The zero-order valence-electron chi connectivity index (χ0n) is 7.23. The van der Waals surface area contributed by atoms with E-state index in [1.807, 2.05) is 11.8 Å². The first-order valence-electron chi connectivity index (χ1n) is 4.23. The fourth-order valence-electron chi connectivity index (χ4n) is 1.51. The Bertz CT molecular complexity index is 192. The van der Waals surface area contributed by atoms with E-state index in [1.165, 1.54) is 0 Å². The third kappa shape index (κ3) is 3.26. The van der Waals surface area contributed by atoms with Gasteiger partial charge in [-0.25, -0.2) is 0 Å². The van der Waals surface area contributed by atoms with Crippen molar-refractivity contribution < 1.29 is 14.7 Å². The molecule has 1 saturated heterocycles. The SMILES string of the molecule is O=CNC(CC(=O)O)C1CCSC1. The van der Waals surface area contributed by atoms with Crippen molar-refractivity contribution in [3.8, 4) is 0 Å². The van der Waals surface area contributed by atoms with Crippen LogP contribution in [0.5, 0.6) is 0 Å². The van der Waals surface area contributed by atoms with Crippen LogP contribution in [-0.2, 0) is 9.59 Å². The fourth-order valence-corrected chi connectivity index (χ4v) is 2.85. The summed E-state index contributed by atoms with van der Waals surface area (Å²) in [5.41, 5.74) is 0. The maximum atomic E-state index is 10.5. The summed E-state index contributed by atoms with van der Waals surface area (Å²) in [6.45, 7) is 0. The van der Waals surface area contributed by atoms with Gasteiger partial charge in [0.05, 0.1) is 6.42 Å². The highest BCUT2D eigenvalue weighted by Crippen LogP contribution is 2.27. The molecule has 0 aliphatic carbocycles. The van der Waals surface area contributed by atoms with Gasteiger partial charge in [0.25, 0.3) is 0 Å². The number of carboxylic acid groups (broad SMARTS) is 1. The predicted molar refractivity (Wildman–Crippen MR) is 50.7 cm³/mol. The van der Waals surface area contributed by atoms with Gasteiger partial charge in [-0.15, -0.1) is 0 Å². The third-order valence-electron chi connectivity index (χ3n) is 2.21. The standard InChI is InChI=1S/C8H13NO3S/c10-5-9-7(3-8(11)12)6-1-2-13-4-6/h5-7H,1-4H2,(H,9,10)(H,11,12). The van der Waals surface area contributed by atoms with E-state index in [4.69, 9.17) is 5.11 Å². The van der Waals surface area contributed by atoms with Gasteiger partial charge in [-0.1, -0.05) is 0 Å². The topological polar surface area (TPSA) is 66.4 Å². The molecule has 1 aliphatic heterocycles. The van der Waals surface area contributed by atoms with Crippen molar-refractivity contribution in [3.63, 3.8) is 0 Å². The Labute approximate surface area is 81.1 Å². The normalized spacial score (nSPS) is 23.8. The van der Waals surface area contributed by atoms with Crippen LogP contribution in [0.3, 0.4) is 0 Å². The molecule has 1 heterocycles. The highest BCUT2D eigenvalue weighted by molar-refractivity contribution is 7.99. The lowest BCUT2D eigenvalue weighted by Crippen LogP contribution is -2.37. The van der Waals surface area contributed by atoms with Gasteiger partial charge < -0.3 is 10.4 Å². The average molecular weight is 203 g/mol. The first kappa shape index (κ1) is 10.4. The van der Waals surface area contributed by atoms with Gasteiger partial charge in [-0.3, -0.25) is 9.59 Å². The van der Waals surface area contributed by atoms with Crippen molar-refractivity contribution in [2.75, 3.05) is 11.5 Å². The van der Waals surface area contributed by atoms with E-state index in [-0.39, 0.29) is 12.5 Å². The largest absolute Gasteiger partial charge is 0.481 e. The second-order valence-electron chi connectivity index (χ2n) is 3.11. The summed E-state index contributed by atoms with van der Waals surface area (Å²) in [6, 6.07) is -0.190. The Balaban J connectivity index is 2.44. The second kappa shape index (κ2) is 5.11. The van der Waals surface area contributed by atoms with Crippen molar-refractivity contribution >= 4 is 24.1 Å². The predicted octanol–water partition coefficient (Wildman–Crippen LogP) is 0.329. The lowest BCUT2D eigenvalue weighted by molar-refractivity contribution is -0.137. The minimum atomic E-state index is -0.851. The summed E-state index contributed by atoms with van der Waals surface area (Å²) in [7, 11) is 0. The molecule has 13 heavy (non-hydrogen) atoms. The molecule has 0 radical (unpaired) electrons. The second-order valence-corrected chi connectivity index (χ2v) is 4.26. The minimum absolute atomic E-state index is 0.0317. The molecule has 1 amide bonds. The lowest BCUT2D eigenvalue weighted by atomic mass is 9.97. The molecule has 5 heteroatoms. The number of carbonyl (C=O) groups is 2. The van der Waals surface area contributed by atoms with Gasteiger partial charge >= 0.3 is 5.97 Å². The van der Waals surface area contributed by atoms with Crippen LogP contribution in [0.25, 0.3) is 0 Å². The van der Waals surface area contributed by atoms with Crippen molar-refractivity contribution in [2.45, 2.75) is 18.9 Å². The van der Waals surface area contributed by atoms with Crippen LogP contribution in [-0.4, -0.2) is 35.0 Å². The van der Waals surface area contributed by atoms with Gasteiger partial charge in [0.2, 0.25) is 6.41 Å². The van der Waals surface area contributed by atoms with Crippen LogP contribution in [0.2, 0.25) is 0 Å². The molecule has 0 aromatic carbocycles. The van der Waals surface area contributed by atoms with Crippen LogP contribution < -0.4 is 5.32 Å². The molecule has 0 aromatic heterocycles. The molecule has 2 unspecified atom stereocenters. The van der Waals surface area contributed by atoms with Crippen molar-refractivity contribution in [1.82, 2.24) is 5.32 Å². The average Bonchev–Trinajstić information content (AvgIpc) is 2.54. The summed E-state index contributed by atoms with van der Waals surface area (Å²) >= 11 is 1.81. The highest BCUT2D eigenvalue weighted by atomic mass is 32.2. The van der Waals surface area contributed by atoms with E-state index >= 15 is 0 Å². The van der Waals surface area contributed by atoms with Gasteiger partial charge in [-0.2, -0.15) is 11.8 Å². The molecule has 0 spiro atoms. The summed E-state index contributed by atoms with van der Waals surface area (Å²) in [5.74, 6) is 1.50. The Kier molecular flexibility index (Phi) is 4.08. The van der Waals surface area contributed by atoms with Gasteiger partial charge in [0, 0.05) is 6.04 Å². The lowest BCUT2D eigenvalue weighted by Gasteiger charge is -2.19. The monoisotopic (exact) mass is 203 g/mol. The molecule has 2 N–H and O–H groups in total. The van der Waals surface area contributed by atoms with E-state index in [0.717, 1.165) is 17.9 Å². The number of carbonyl (C=O) groups excluding carboxylic acids is 1. The number of amides is 1. The Morgan fingerprint density at radius 3 is 3.00 bits per heavy atom. The molecular formula is C8H13NO3S. The molecule has 0 bridgehead atoms. The maximum absolute atomic E-state index is 10.5. The van der Waals surface area contributed by atoms with Crippen molar-refractivity contribution in [3.05, 3.63) is 0 Å². The van der Waals surface area contributed by atoms with Gasteiger partial charge in [0.15, 0.2) is 0 Å². The van der Waals surface area contributed by atoms with Gasteiger partial charge in [-0.05, 0) is 23.8 Å². The summed E-state index contributed by atoms with van der Waals surface area (Å²) < 4.78 is 0. The van der Waals surface area contributed by atoms with Crippen molar-refractivity contribution in [2.24, 2.45) is 5.92 Å². The van der Waals surface area contributed by atoms with Crippen LogP contribution in [0.15, 0.2) is 0 Å². The van der Waals surface area contributed by atoms with Crippen molar-refractivity contribution in [1.29, 1.82) is 0 Å². The fraction of sp³-hybridized carbons (Fsp3) is 0.750. The summed E-state index contributed by atoms with van der Waals surface area (Å²) in [6.07, 6.45) is 1.63. The first-order valence-corrected chi connectivity index (χ1v) is 5.38. The highest BCUT2D eigenvalue weighted by Gasteiger charge is 2.26. The molecular weight excluding hydrogens is 190 g/mol. The molecule has 1 rings (SSSR count). The van der Waals surface area contributed by atoms with E-state index in [1.54, 1.807) is 0 Å². The zero-order valence-corrected chi connectivity index (χ0v) is 8.05. The van der Waals surface area contributed by atoms with Crippen LogP contribution in [0.1, 0.15) is 12.8 Å². The Hall–Kier alpha value is -0.710. The third-order valence-corrected chi connectivity index (χ3v) is 3.40. The molecule has 0 aromatic rings. The number of thioether (sulfide) groups is 1. The van der Waals surface area contributed by atoms with E-state index in [9.17, 15) is 9.59 Å². The summed E-state index contributed by atoms with van der Waals surface area (Å²) in [4.78, 5) is 20.7. The van der Waals surface area contributed by atoms with E-state index in [2.05, 4.69) is 5.32 Å².